The minimum absolute atomic E-state index is 0.00943. The molecule has 1 heterocycles. The number of amides is 2. The number of primary amides is 1. The molecule has 1 aromatic heterocycles. The van der Waals surface area contributed by atoms with Gasteiger partial charge in [-0.2, -0.15) is 0 Å². The van der Waals surface area contributed by atoms with Crippen molar-refractivity contribution in [1.29, 1.82) is 0 Å². The summed E-state index contributed by atoms with van der Waals surface area (Å²) in [6.07, 6.45) is 7.33. The average molecular weight is 337 g/mol. The number of nitrogens with two attached hydrogens (primary N) is 1. The number of hydrogen-bond donors (Lipinski definition) is 2. The number of rotatable bonds is 5. The second-order valence-electron chi connectivity index (χ2n) is 6.56. The Balaban J connectivity index is 1.79. The largest absolute Gasteiger partial charge is 0.364 e. The molecule has 130 valence electrons. The van der Waals surface area contributed by atoms with E-state index in [2.05, 4.69) is 22.4 Å². The Kier molecular flexibility index (Phi) is 5.43. The van der Waals surface area contributed by atoms with E-state index in [9.17, 15) is 9.59 Å². The molecule has 2 aromatic rings. The van der Waals surface area contributed by atoms with Crippen molar-refractivity contribution in [1.82, 2.24) is 10.3 Å². The summed E-state index contributed by atoms with van der Waals surface area (Å²) in [4.78, 5) is 27.8. The second-order valence-corrected chi connectivity index (χ2v) is 6.56. The molecular weight excluding hydrogens is 314 g/mol. The number of pyridine rings is 1. The van der Waals surface area contributed by atoms with Crippen LogP contribution in [-0.2, 0) is 0 Å². The number of nitrogens with one attached hydrogen (secondary N) is 1. The van der Waals surface area contributed by atoms with Gasteiger partial charge in [-0.25, -0.2) is 0 Å². The van der Waals surface area contributed by atoms with Gasteiger partial charge >= 0.3 is 0 Å². The van der Waals surface area contributed by atoms with Crippen molar-refractivity contribution in [3.8, 4) is 0 Å². The number of aromatic nitrogens is 1. The minimum atomic E-state index is -0.601. The standard InChI is InChI=1S/C20H23N3O2/c21-19(24)17-12-11-16(13-22-17)20(25)23-18(14-7-3-1-4-8-14)15-9-5-2-6-10-15/h1,3-4,7-8,11-13,15,18H,2,5-6,9-10H2,(H2,21,24)(H,23,25). The van der Waals surface area contributed by atoms with Gasteiger partial charge in [0.15, 0.2) is 0 Å². The number of carbonyl (C=O) groups excluding carboxylic acids is 2. The zero-order valence-corrected chi connectivity index (χ0v) is 14.2. The molecule has 0 spiro atoms. The maximum atomic E-state index is 12.7. The highest BCUT2D eigenvalue weighted by molar-refractivity contribution is 5.96. The molecule has 1 aliphatic rings. The molecule has 1 saturated carbocycles. The van der Waals surface area contributed by atoms with Crippen LogP contribution in [0.1, 0.15) is 64.6 Å². The first-order valence-electron chi connectivity index (χ1n) is 8.77. The van der Waals surface area contributed by atoms with Crippen LogP contribution < -0.4 is 11.1 Å². The molecule has 1 fully saturated rings. The number of carbonyl (C=O) groups is 2. The van der Waals surface area contributed by atoms with E-state index in [1.807, 2.05) is 18.2 Å². The second kappa shape index (κ2) is 7.92. The molecular formula is C20H23N3O2. The van der Waals surface area contributed by atoms with Crippen LogP contribution in [0.4, 0.5) is 0 Å². The molecule has 1 aromatic carbocycles. The zero-order valence-electron chi connectivity index (χ0n) is 14.2. The molecule has 1 unspecified atom stereocenters. The lowest BCUT2D eigenvalue weighted by Crippen LogP contribution is -2.34. The van der Waals surface area contributed by atoms with Gasteiger partial charge in [0, 0.05) is 6.20 Å². The number of benzene rings is 1. The monoisotopic (exact) mass is 337 g/mol. The van der Waals surface area contributed by atoms with Crippen LogP contribution >= 0.6 is 0 Å². The summed E-state index contributed by atoms with van der Waals surface area (Å²) in [5.41, 5.74) is 6.91. The zero-order chi connectivity index (χ0) is 17.6. The first kappa shape index (κ1) is 17.1. The molecule has 0 bridgehead atoms. The molecule has 0 saturated heterocycles. The molecule has 1 atom stereocenters. The van der Waals surface area contributed by atoms with Crippen molar-refractivity contribution in [2.24, 2.45) is 11.7 Å². The van der Waals surface area contributed by atoms with Crippen LogP contribution in [0.5, 0.6) is 0 Å². The molecule has 3 N–H and O–H groups in total. The molecule has 5 heteroatoms. The Morgan fingerprint density at radius 1 is 1.04 bits per heavy atom. The van der Waals surface area contributed by atoms with Crippen LogP contribution in [0.15, 0.2) is 48.7 Å². The van der Waals surface area contributed by atoms with E-state index in [1.54, 1.807) is 6.07 Å². The molecule has 1 aliphatic carbocycles. The topological polar surface area (TPSA) is 85.1 Å². The lowest BCUT2D eigenvalue weighted by molar-refractivity contribution is 0.0910. The lowest BCUT2D eigenvalue weighted by atomic mass is 9.81. The molecule has 0 radical (unpaired) electrons. The minimum Gasteiger partial charge on any atom is -0.364 e. The van der Waals surface area contributed by atoms with Gasteiger partial charge in [0.2, 0.25) is 0 Å². The van der Waals surface area contributed by atoms with Crippen LogP contribution in [-0.4, -0.2) is 16.8 Å². The van der Waals surface area contributed by atoms with Crippen molar-refractivity contribution in [2.75, 3.05) is 0 Å². The Morgan fingerprint density at radius 2 is 1.76 bits per heavy atom. The van der Waals surface area contributed by atoms with Gasteiger partial charge in [-0.1, -0.05) is 49.6 Å². The summed E-state index contributed by atoms with van der Waals surface area (Å²) in [6.45, 7) is 0. The maximum absolute atomic E-state index is 12.7. The van der Waals surface area contributed by atoms with Crippen LogP contribution in [0.25, 0.3) is 0 Å². The fraction of sp³-hybridized carbons (Fsp3) is 0.350. The molecule has 0 aliphatic heterocycles. The third-order valence-corrected chi connectivity index (χ3v) is 4.84. The Labute approximate surface area is 147 Å². The summed E-state index contributed by atoms with van der Waals surface area (Å²) < 4.78 is 0. The Morgan fingerprint density at radius 3 is 2.36 bits per heavy atom. The molecule has 5 nitrogen and oxygen atoms in total. The predicted octanol–water partition coefficient (Wildman–Crippen LogP) is 3.23. The van der Waals surface area contributed by atoms with E-state index in [0.29, 0.717) is 11.5 Å². The maximum Gasteiger partial charge on any atom is 0.267 e. The van der Waals surface area contributed by atoms with Gasteiger partial charge < -0.3 is 11.1 Å². The molecule has 3 rings (SSSR count). The van der Waals surface area contributed by atoms with Crippen LogP contribution in [0, 0.1) is 5.92 Å². The van der Waals surface area contributed by atoms with E-state index >= 15 is 0 Å². The van der Waals surface area contributed by atoms with E-state index in [4.69, 9.17) is 5.73 Å². The average Bonchev–Trinajstić information content (AvgIpc) is 2.67. The highest BCUT2D eigenvalue weighted by Crippen LogP contribution is 2.34. The van der Waals surface area contributed by atoms with E-state index in [-0.39, 0.29) is 17.6 Å². The van der Waals surface area contributed by atoms with Crippen molar-refractivity contribution >= 4 is 11.8 Å². The van der Waals surface area contributed by atoms with Gasteiger partial charge in [0.1, 0.15) is 5.69 Å². The van der Waals surface area contributed by atoms with Gasteiger partial charge in [-0.05, 0) is 36.5 Å². The highest BCUT2D eigenvalue weighted by Gasteiger charge is 2.26. The summed E-state index contributed by atoms with van der Waals surface area (Å²) >= 11 is 0. The van der Waals surface area contributed by atoms with Gasteiger partial charge in [-0.3, -0.25) is 14.6 Å². The molecule has 2 amide bonds. The van der Waals surface area contributed by atoms with Crippen molar-refractivity contribution in [3.05, 3.63) is 65.5 Å². The van der Waals surface area contributed by atoms with E-state index in [1.165, 1.54) is 31.5 Å². The van der Waals surface area contributed by atoms with Crippen LogP contribution in [0.3, 0.4) is 0 Å². The third-order valence-electron chi connectivity index (χ3n) is 4.84. The van der Waals surface area contributed by atoms with Gasteiger partial charge in [0.05, 0.1) is 11.6 Å². The summed E-state index contributed by atoms with van der Waals surface area (Å²) in [7, 11) is 0. The van der Waals surface area contributed by atoms with Gasteiger partial charge in [0.25, 0.3) is 11.8 Å². The Hall–Kier alpha value is -2.69. The van der Waals surface area contributed by atoms with Gasteiger partial charge in [-0.15, -0.1) is 0 Å². The van der Waals surface area contributed by atoms with Crippen LogP contribution in [0.2, 0.25) is 0 Å². The van der Waals surface area contributed by atoms with E-state index < -0.39 is 5.91 Å². The predicted molar refractivity (Wildman–Crippen MR) is 96.0 cm³/mol. The first-order chi connectivity index (χ1) is 12.1. The molecule has 25 heavy (non-hydrogen) atoms. The highest BCUT2D eigenvalue weighted by atomic mass is 16.2. The SMILES string of the molecule is NC(=O)c1ccc(C(=O)NC(c2ccccc2)C2CCCCC2)cn1. The quantitative estimate of drug-likeness (QED) is 0.878. The number of hydrogen-bond acceptors (Lipinski definition) is 3. The summed E-state index contributed by atoms with van der Waals surface area (Å²) in [5, 5.41) is 3.17. The normalized spacial score (nSPS) is 16.2. The van der Waals surface area contributed by atoms with Crippen molar-refractivity contribution < 1.29 is 9.59 Å². The van der Waals surface area contributed by atoms with Crippen molar-refractivity contribution in [2.45, 2.75) is 38.1 Å². The van der Waals surface area contributed by atoms with E-state index in [0.717, 1.165) is 18.4 Å². The summed E-state index contributed by atoms with van der Waals surface area (Å²) in [5.74, 6) is -0.336. The smallest absolute Gasteiger partial charge is 0.267 e. The number of nitrogens with zero attached hydrogens (tertiary/aromatic N) is 1. The fourth-order valence-electron chi connectivity index (χ4n) is 3.50. The summed E-state index contributed by atoms with van der Waals surface area (Å²) in [6, 6.07) is 13.2. The Bertz CT molecular complexity index is 722. The lowest BCUT2D eigenvalue weighted by Gasteiger charge is -2.31. The fourth-order valence-corrected chi connectivity index (χ4v) is 3.50. The van der Waals surface area contributed by atoms with Crippen molar-refractivity contribution in [3.63, 3.8) is 0 Å². The third kappa shape index (κ3) is 4.24. The first-order valence-corrected chi connectivity index (χ1v) is 8.77.